The molecule has 1 aliphatic heterocycles. The minimum absolute atomic E-state index is 0.0212. The molecule has 1 aromatic heterocycles. The Morgan fingerprint density at radius 2 is 2.08 bits per heavy atom. The molecular weight excluding hydrogens is 320 g/mol. The monoisotopic (exact) mass is 342 g/mol. The molecule has 1 fully saturated rings. The molecule has 1 N–H and O–H groups in total. The Morgan fingerprint density at radius 1 is 1.28 bits per heavy atom. The van der Waals surface area contributed by atoms with Crippen molar-refractivity contribution in [3.8, 4) is 11.3 Å². The third-order valence-electron chi connectivity index (χ3n) is 4.59. The number of hydrogen-bond donors (Lipinski definition) is 1. The van der Waals surface area contributed by atoms with Crippen LogP contribution in [0, 0.1) is 5.92 Å². The van der Waals surface area contributed by atoms with Crippen molar-refractivity contribution < 1.29 is 19.2 Å². The minimum atomic E-state index is -0.778. The Bertz CT molecular complexity index is 726. The number of aliphatic carboxylic acids is 1. The van der Waals surface area contributed by atoms with Gasteiger partial charge in [-0.25, -0.2) is 0 Å². The lowest BCUT2D eigenvalue weighted by atomic mass is 9.93. The first-order valence-corrected chi connectivity index (χ1v) is 8.62. The second kappa shape index (κ2) is 7.96. The number of carboxylic acid groups (broad SMARTS) is 1. The molecule has 1 amide bonds. The quantitative estimate of drug-likeness (QED) is 0.872. The standard InChI is InChI=1S/C19H22N2O4/c22-18(21-10-4-5-14(13-21)8-9-19(23)24)12-16-11-17(25-20-16)15-6-2-1-3-7-15/h1-3,6-7,11,14H,4-5,8-10,12-13H2,(H,23,24). The van der Waals surface area contributed by atoms with Crippen LogP contribution in [0.2, 0.25) is 0 Å². The van der Waals surface area contributed by atoms with Gasteiger partial charge in [0.25, 0.3) is 0 Å². The molecule has 2 aromatic rings. The number of carboxylic acids is 1. The lowest BCUT2D eigenvalue weighted by Crippen LogP contribution is -2.40. The van der Waals surface area contributed by atoms with Crippen LogP contribution in [0.1, 0.15) is 31.4 Å². The number of carbonyl (C=O) groups excluding carboxylic acids is 1. The van der Waals surface area contributed by atoms with Gasteiger partial charge in [-0.1, -0.05) is 35.5 Å². The highest BCUT2D eigenvalue weighted by atomic mass is 16.5. The number of piperidine rings is 1. The van der Waals surface area contributed by atoms with Crippen LogP contribution >= 0.6 is 0 Å². The van der Waals surface area contributed by atoms with Crippen molar-refractivity contribution in [3.63, 3.8) is 0 Å². The predicted octanol–water partition coefficient (Wildman–Crippen LogP) is 2.99. The maximum absolute atomic E-state index is 12.5. The summed E-state index contributed by atoms with van der Waals surface area (Å²) in [7, 11) is 0. The molecule has 25 heavy (non-hydrogen) atoms. The summed E-state index contributed by atoms with van der Waals surface area (Å²) in [6.45, 7) is 1.36. The molecule has 1 aromatic carbocycles. The summed E-state index contributed by atoms with van der Waals surface area (Å²) in [5, 5.41) is 12.8. The highest BCUT2D eigenvalue weighted by Gasteiger charge is 2.24. The van der Waals surface area contributed by atoms with E-state index in [4.69, 9.17) is 9.63 Å². The lowest BCUT2D eigenvalue weighted by molar-refractivity contribution is -0.137. The number of rotatable bonds is 6. The smallest absolute Gasteiger partial charge is 0.303 e. The molecule has 0 spiro atoms. The van der Waals surface area contributed by atoms with E-state index < -0.39 is 5.97 Å². The van der Waals surface area contributed by atoms with Crippen LogP contribution < -0.4 is 0 Å². The zero-order chi connectivity index (χ0) is 17.6. The molecule has 132 valence electrons. The minimum Gasteiger partial charge on any atom is -0.481 e. The molecule has 2 heterocycles. The van der Waals surface area contributed by atoms with Gasteiger partial charge in [0, 0.05) is 31.1 Å². The zero-order valence-electron chi connectivity index (χ0n) is 14.1. The lowest BCUT2D eigenvalue weighted by Gasteiger charge is -2.32. The van der Waals surface area contributed by atoms with Crippen molar-refractivity contribution in [2.45, 2.75) is 32.1 Å². The zero-order valence-corrected chi connectivity index (χ0v) is 14.1. The summed E-state index contributed by atoms with van der Waals surface area (Å²) < 4.78 is 5.34. The number of hydrogen-bond acceptors (Lipinski definition) is 4. The summed E-state index contributed by atoms with van der Waals surface area (Å²) in [6.07, 6.45) is 2.91. The van der Waals surface area contributed by atoms with E-state index in [0.29, 0.717) is 24.4 Å². The first-order valence-electron chi connectivity index (χ1n) is 8.62. The molecule has 1 unspecified atom stereocenters. The van der Waals surface area contributed by atoms with E-state index in [-0.39, 0.29) is 24.7 Å². The summed E-state index contributed by atoms with van der Waals surface area (Å²) in [4.78, 5) is 25.1. The Balaban J connectivity index is 1.57. The number of likely N-dealkylation sites (tertiary alicyclic amines) is 1. The van der Waals surface area contributed by atoms with E-state index >= 15 is 0 Å². The highest BCUT2D eigenvalue weighted by Crippen LogP contribution is 2.23. The van der Waals surface area contributed by atoms with Crippen molar-refractivity contribution >= 4 is 11.9 Å². The van der Waals surface area contributed by atoms with Crippen molar-refractivity contribution in [1.82, 2.24) is 10.1 Å². The fourth-order valence-corrected chi connectivity index (χ4v) is 3.26. The first kappa shape index (κ1) is 17.2. The van der Waals surface area contributed by atoms with Gasteiger partial charge in [0.2, 0.25) is 5.91 Å². The van der Waals surface area contributed by atoms with Gasteiger partial charge in [0.15, 0.2) is 5.76 Å². The van der Waals surface area contributed by atoms with Crippen molar-refractivity contribution in [3.05, 3.63) is 42.1 Å². The Kier molecular flexibility index (Phi) is 5.48. The molecule has 1 saturated heterocycles. The van der Waals surface area contributed by atoms with Crippen molar-refractivity contribution in [2.24, 2.45) is 5.92 Å². The maximum atomic E-state index is 12.5. The molecule has 0 bridgehead atoms. The maximum Gasteiger partial charge on any atom is 0.303 e. The van der Waals surface area contributed by atoms with Gasteiger partial charge in [0.05, 0.1) is 12.1 Å². The number of aromatic nitrogens is 1. The third kappa shape index (κ3) is 4.68. The average Bonchev–Trinajstić information content (AvgIpc) is 3.09. The van der Waals surface area contributed by atoms with Crippen LogP contribution in [-0.2, 0) is 16.0 Å². The normalized spacial score (nSPS) is 17.4. The molecule has 6 nitrogen and oxygen atoms in total. The second-order valence-corrected chi connectivity index (χ2v) is 6.51. The van der Waals surface area contributed by atoms with Gasteiger partial charge in [-0.15, -0.1) is 0 Å². The number of benzene rings is 1. The topological polar surface area (TPSA) is 83.6 Å². The van der Waals surface area contributed by atoms with Gasteiger partial charge in [-0.05, 0) is 25.2 Å². The molecule has 1 aliphatic rings. The van der Waals surface area contributed by atoms with Crippen molar-refractivity contribution in [1.29, 1.82) is 0 Å². The largest absolute Gasteiger partial charge is 0.481 e. The summed E-state index contributed by atoms with van der Waals surface area (Å²) in [6, 6.07) is 11.5. The van der Waals surface area contributed by atoms with E-state index in [1.165, 1.54) is 0 Å². The summed E-state index contributed by atoms with van der Waals surface area (Å²) >= 11 is 0. The summed E-state index contributed by atoms with van der Waals surface area (Å²) in [5.74, 6) is 0.166. The van der Waals surface area contributed by atoms with Crippen molar-refractivity contribution in [2.75, 3.05) is 13.1 Å². The summed E-state index contributed by atoms with van der Waals surface area (Å²) in [5.41, 5.74) is 1.55. The molecular formula is C19H22N2O4. The molecule has 6 heteroatoms. The first-order chi connectivity index (χ1) is 12.1. The Hall–Kier alpha value is -2.63. The number of amides is 1. The number of carbonyl (C=O) groups is 2. The van der Waals surface area contributed by atoms with Gasteiger partial charge in [0.1, 0.15) is 0 Å². The van der Waals surface area contributed by atoms with E-state index in [1.807, 2.05) is 35.2 Å². The van der Waals surface area contributed by atoms with Gasteiger partial charge >= 0.3 is 5.97 Å². The fraction of sp³-hybridized carbons (Fsp3) is 0.421. The van der Waals surface area contributed by atoms with Crippen LogP contribution in [0.25, 0.3) is 11.3 Å². The Labute approximate surface area is 146 Å². The van der Waals surface area contributed by atoms with E-state index in [1.54, 1.807) is 6.07 Å². The fourth-order valence-electron chi connectivity index (χ4n) is 3.26. The van der Waals surface area contributed by atoms with E-state index in [9.17, 15) is 9.59 Å². The molecule has 0 aliphatic carbocycles. The molecule has 1 atom stereocenters. The SMILES string of the molecule is O=C(O)CCC1CCCN(C(=O)Cc2cc(-c3ccccc3)on2)C1. The van der Waals surface area contributed by atoms with Gasteiger partial charge in [-0.3, -0.25) is 9.59 Å². The van der Waals surface area contributed by atoms with E-state index in [0.717, 1.165) is 24.9 Å². The molecule has 0 saturated carbocycles. The van der Waals surface area contributed by atoms with E-state index in [2.05, 4.69) is 5.16 Å². The Morgan fingerprint density at radius 3 is 2.84 bits per heavy atom. The number of nitrogens with zero attached hydrogens (tertiary/aromatic N) is 2. The predicted molar refractivity (Wildman–Crippen MR) is 91.8 cm³/mol. The van der Waals surface area contributed by atoms with Crippen LogP contribution in [0.15, 0.2) is 40.9 Å². The molecule has 3 rings (SSSR count). The van der Waals surface area contributed by atoms with Gasteiger partial charge in [-0.2, -0.15) is 0 Å². The average molecular weight is 342 g/mol. The van der Waals surface area contributed by atoms with Crippen LogP contribution in [-0.4, -0.2) is 40.1 Å². The highest BCUT2D eigenvalue weighted by molar-refractivity contribution is 5.78. The van der Waals surface area contributed by atoms with Crippen LogP contribution in [0.3, 0.4) is 0 Å². The van der Waals surface area contributed by atoms with Crippen LogP contribution in [0.4, 0.5) is 0 Å². The molecule has 0 radical (unpaired) electrons. The van der Waals surface area contributed by atoms with Crippen LogP contribution in [0.5, 0.6) is 0 Å². The second-order valence-electron chi connectivity index (χ2n) is 6.51. The third-order valence-corrected chi connectivity index (χ3v) is 4.59. The van der Waals surface area contributed by atoms with Gasteiger partial charge < -0.3 is 14.5 Å².